The van der Waals surface area contributed by atoms with Crippen molar-refractivity contribution in [2.24, 2.45) is 0 Å². The van der Waals surface area contributed by atoms with Crippen molar-refractivity contribution in [3.63, 3.8) is 0 Å². The van der Waals surface area contributed by atoms with Crippen molar-refractivity contribution in [1.29, 1.82) is 0 Å². The monoisotopic (exact) mass is 249 g/mol. The first-order valence-corrected chi connectivity index (χ1v) is 5.52. The lowest BCUT2D eigenvalue weighted by atomic mass is 10.00. The lowest BCUT2D eigenvalue weighted by Gasteiger charge is -2.18. The van der Waals surface area contributed by atoms with E-state index in [4.69, 9.17) is 0 Å². The minimum atomic E-state index is -0.632. The maximum atomic E-state index is 14.1. The summed E-state index contributed by atoms with van der Waals surface area (Å²) in [6, 6.07) is 3.68. The summed E-state index contributed by atoms with van der Waals surface area (Å²) in [7, 11) is 1.63. The highest BCUT2D eigenvalue weighted by Gasteiger charge is 2.22. The first kappa shape index (κ1) is 12.6. The number of halogens is 2. The van der Waals surface area contributed by atoms with Gasteiger partial charge in [-0.2, -0.15) is 0 Å². The van der Waals surface area contributed by atoms with Gasteiger partial charge in [-0.25, -0.2) is 18.7 Å². The molecule has 0 fully saturated rings. The van der Waals surface area contributed by atoms with Crippen molar-refractivity contribution in [2.45, 2.75) is 13.0 Å². The molecular formula is C13H13F2N3. The third-order valence-corrected chi connectivity index (χ3v) is 2.80. The highest BCUT2D eigenvalue weighted by Crippen LogP contribution is 2.26. The van der Waals surface area contributed by atoms with E-state index in [1.54, 1.807) is 20.0 Å². The molecule has 94 valence electrons. The van der Waals surface area contributed by atoms with Crippen LogP contribution in [0.5, 0.6) is 0 Å². The van der Waals surface area contributed by atoms with E-state index < -0.39 is 17.7 Å². The molecule has 1 aromatic heterocycles. The standard InChI is InChI=1S/C13H13F2N3/c1-8-3-4-9(14)11(12(8)15)13(16-2)10-5-6-17-7-18-10/h3-7,13,16H,1-2H3. The molecule has 2 rings (SSSR count). The van der Waals surface area contributed by atoms with Gasteiger partial charge in [0.2, 0.25) is 0 Å². The summed E-state index contributed by atoms with van der Waals surface area (Å²) < 4.78 is 27.9. The van der Waals surface area contributed by atoms with E-state index in [2.05, 4.69) is 15.3 Å². The number of hydrogen-bond donors (Lipinski definition) is 1. The van der Waals surface area contributed by atoms with E-state index in [0.717, 1.165) is 0 Å². The number of aryl methyl sites for hydroxylation is 1. The van der Waals surface area contributed by atoms with Crippen LogP contribution in [0, 0.1) is 18.6 Å². The van der Waals surface area contributed by atoms with Gasteiger partial charge in [-0.05, 0) is 31.7 Å². The Bertz CT molecular complexity index is 543. The third-order valence-electron chi connectivity index (χ3n) is 2.80. The van der Waals surface area contributed by atoms with Crippen LogP contribution in [-0.2, 0) is 0 Å². The van der Waals surface area contributed by atoms with E-state index in [-0.39, 0.29) is 5.56 Å². The summed E-state index contributed by atoms with van der Waals surface area (Å²) >= 11 is 0. The van der Waals surface area contributed by atoms with E-state index in [1.807, 2.05) is 0 Å². The smallest absolute Gasteiger partial charge is 0.134 e. The summed E-state index contributed by atoms with van der Waals surface area (Å²) in [6.07, 6.45) is 2.89. The average molecular weight is 249 g/mol. The van der Waals surface area contributed by atoms with Crippen molar-refractivity contribution in [1.82, 2.24) is 15.3 Å². The minimum absolute atomic E-state index is 0.0174. The fraction of sp³-hybridized carbons (Fsp3) is 0.231. The normalized spacial score (nSPS) is 12.4. The zero-order valence-corrected chi connectivity index (χ0v) is 10.1. The summed E-state index contributed by atoms with van der Waals surface area (Å²) in [5, 5.41) is 2.87. The molecule has 0 saturated heterocycles. The van der Waals surface area contributed by atoms with Crippen LogP contribution in [0.1, 0.15) is 22.9 Å². The molecule has 1 heterocycles. The van der Waals surface area contributed by atoms with Crippen molar-refractivity contribution in [3.05, 3.63) is 59.2 Å². The van der Waals surface area contributed by atoms with Gasteiger partial charge in [-0.15, -0.1) is 0 Å². The molecule has 1 atom stereocenters. The SMILES string of the molecule is CNC(c1ccncn1)c1c(F)ccc(C)c1F. The highest BCUT2D eigenvalue weighted by atomic mass is 19.1. The Kier molecular flexibility index (Phi) is 3.62. The van der Waals surface area contributed by atoms with Gasteiger partial charge in [0.05, 0.1) is 11.7 Å². The van der Waals surface area contributed by atoms with E-state index in [1.165, 1.54) is 24.7 Å². The van der Waals surface area contributed by atoms with Gasteiger partial charge in [0.15, 0.2) is 0 Å². The fourth-order valence-corrected chi connectivity index (χ4v) is 1.85. The van der Waals surface area contributed by atoms with Crippen LogP contribution in [0.2, 0.25) is 0 Å². The molecule has 1 unspecified atom stereocenters. The lowest BCUT2D eigenvalue weighted by molar-refractivity contribution is 0.513. The molecule has 0 aliphatic carbocycles. The predicted octanol–water partition coefficient (Wildman–Crippen LogP) is 2.37. The molecule has 0 aliphatic rings. The fourth-order valence-electron chi connectivity index (χ4n) is 1.85. The first-order valence-electron chi connectivity index (χ1n) is 5.52. The lowest BCUT2D eigenvalue weighted by Crippen LogP contribution is -2.22. The second kappa shape index (κ2) is 5.18. The molecule has 0 aliphatic heterocycles. The Labute approximate surface area is 104 Å². The molecule has 18 heavy (non-hydrogen) atoms. The molecular weight excluding hydrogens is 236 g/mol. The van der Waals surface area contributed by atoms with Crippen LogP contribution in [0.3, 0.4) is 0 Å². The van der Waals surface area contributed by atoms with Crippen LogP contribution in [0.15, 0.2) is 30.7 Å². The zero-order valence-electron chi connectivity index (χ0n) is 10.1. The van der Waals surface area contributed by atoms with Crippen molar-refractivity contribution < 1.29 is 8.78 Å². The van der Waals surface area contributed by atoms with E-state index >= 15 is 0 Å². The van der Waals surface area contributed by atoms with Crippen LogP contribution in [0.4, 0.5) is 8.78 Å². The van der Waals surface area contributed by atoms with Crippen LogP contribution >= 0.6 is 0 Å². The number of benzene rings is 1. The quantitative estimate of drug-likeness (QED) is 0.907. The maximum absolute atomic E-state index is 14.1. The number of rotatable bonds is 3. The predicted molar refractivity (Wildman–Crippen MR) is 64.0 cm³/mol. The Morgan fingerprint density at radius 2 is 2.00 bits per heavy atom. The highest BCUT2D eigenvalue weighted by molar-refractivity contribution is 5.33. The number of aromatic nitrogens is 2. The third kappa shape index (κ3) is 2.22. The van der Waals surface area contributed by atoms with Gasteiger partial charge in [0.1, 0.15) is 18.0 Å². The molecule has 2 aromatic rings. The first-order chi connectivity index (χ1) is 8.65. The Morgan fingerprint density at radius 3 is 2.61 bits per heavy atom. The molecule has 3 nitrogen and oxygen atoms in total. The second-order valence-electron chi connectivity index (χ2n) is 3.95. The summed E-state index contributed by atoms with van der Waals surface area (Å²) in [5.74, 6) is -1.14. The summed E-state index contributed by atoms with van der Waals surface area (Å²) in [5.41, 5.74) is 0.910. The maximum Gasteiger partial charge on any atom is 0.134 e. The van der Waals surface area contributed by atoms with Gasteiger partial charge in [-0.3, -0.25) is 0 Å². The van der Waals surface area contributed by atoms with Gasteiger partial charge in [0.25, 0.3) is 0 Å². The number of hydrogen-bond acceptors (Lipinski definition) is 3. The summed E-state index contributed by atoms with van der Waals surface area (Å²) in [4.78, 5) is 7.82. The molecule has 1 N–H and O–H groups in total. The molecule has 0 spiro atoms. The Hall–Kier alpha value is -1.88. The molecule has 0 radical (unpaired) electrons. The van der Waals surface area contributed by atoms with Gasteiger partial charge < -0.3 is 5.32 Å². The zero-order chi connectivity index (χ0) is 13.1. The van der Waals surface area contributed by atoms with Gasteiger partial charge in [-0.1, -0.05) is 6.07 Å². The molecule has 0 saturated carbocycles. The Balaban J connectivity index is 2.56. The van der Waals surface area contributed by atoms with Crippen LogP contribution in [0.25, 0.3) is 0 Å². The summed E-state index contributed by atoms with van der Waals surface area (Å²) in [6.45, 7) is 1.60. The van der Waals surface area contributed by atoms with Gasteiger partial charge >= 0.3 is 0 Å². The van der Waals surface area contributed by atoms with Gasteiger partial charge in [0, 0.05) is 11.8 Å². The molecule has 0 amide bonds. The number of nitrogens with one attached hydrogen (secondary N) is 1. The van der Waals surface area contributed by atoms with Crippen LogP contribution < -0.4 is 5.32 Å². The van der Waals surface area contributed by atoms with E-state index in [9.17, 15) is 8.78 Å². The number of nitrogens with zero attached hydrogens (tertiary/aromatic N) is 2. The van der Waals surface area contributed by atoms with Crippen LogP contribution in [-0.4, -0.2) is 17.0 Å². The molecule has 1 aromatic carbocycles. The van der Waals surface area contributed by atoms with Crippen molar-refractivity contribution in [3.8, 4) is 0 Å². The van der Waals surface area contributed by atoms with Crippen molar-refractivity contribution >= 4 is 0 Å². The molecule has 5 heteroatoms. The second-order valence-corrected chi connectivity index (χ2v) is 3.95. The largest absolute Gasteiger partial charge is 0.308 e. The Morgan fingerprint density at radius 1 is 1.22 bits per heavy atom. The minimum Gasteiger partial charge on any atom is -0.308 e. The van der Waals surface area contributed by atoms with Crippen molar-refractivity contribution in [2.75, 3.05) is 7.05 Å². The topological polar surface area (TPSA) is 37.8 Å². The van der Waals surface area contributed by atoms with E-state index in [0.29, 0.717) is 11.3 Å². The molecule has 0 bridgehead atoms. The average Bonchev–Trinajstić information content (AvgIpc) is 2.40.